The summed E-state index contributed by atoms with van der Waals surface area (Å²) in [6.07, 6.45) is 0. The Labute approximate surface area is 138 Å². The molecule has 0 N–H and O–H groups in total. The van der Waals surface area contributed by atoms with E-state index in [0.29, 0.717) is 0 Å². The Morgan fingerprint density at radius 2 is 1.43 bits per heavy atom. The Morgan fingerprint density at radius 3 is 2.26 bits per heavy atom. The highest BCUT2D eigenvalue weighted by Crippen LogP contribution is 2.24. The molecule has 112 valence electrons. The fraction of sp³-hybridized carbons (Fsp3) is 0.105. The van der Waals surface area contributed by atoms with Crippen molar-refractivity contribution in [1.82, 2.24) is 15.0 Å². The normalized spacial score (nSPS) is 11.2. The lowest BCUT2D eigenvalue weighted by Gasteiger charge is -2.07. The van der Waals surface area contributed by atoms with Gasteiger partial charge in [-0.2, -0.15) is 0 Å². The highest BCUT2D eigenvalue weighted by Gasteiger charge is 2.07. The summed E-state index contributed by atoms with van der Waals surface area (Å²) in [5.74, 6) is 0.773. The minimum absolute atomic E-state index is 0.773. The fourth-order valence-corrected chi connectivity index (χ4v) is 3.42. The van der Waals surface area contributed by atoms with Gasteiger partial charge < -0.3 is 0 Å². The molecular weight excluding hydrogens is 302 g/mol. The monoisotopic (exact) mass is 317 g/mol. The third-order valence-corrected chi connectivity index (χ3v) is 4.71. The standard InChI is InChI=1S/C19H15N3S/c1-13-18(21-17-9-5-4-8-16(17)20-13)12-23-19-11-10-14-6-2-3-7-15(14)22-19/h2-11H,12H2,1H3. The lowest BCUT2D eigenvalue weighted by molar-refractivity contribution is 1.08. The van der Waals surface area contributed by atoms with Crippen molar-refractivity contribution in [2.75, 3.05) is 0 Å². The molecule has 2 aromatic heterocycles. The number of para-hydroxylation sites is 3. The lowest BCUT2D eigenvalue weighted by Crippen LogP contribution is -1.97. The maximum Gasteiger partial charge on any atom is 0.0971 e. The number of benzene rings is 2. The van der Waals surface area contributed by atoms with Gasteiger partial charge in [0, 0.05) is 11.1 Å². The zero-order valence-corrected chi connectivity index (χ0v) is 13.5. The van der Waals surface area contributed by atoms with Crippen LogP contribution in [0.5, 0.6) is 0 Å². The first kappa shape index (κ1) is 14.2. The van der Waals surface area contributed by atoms with E-state index in [1.165, 1.54) is 5.39 Å². The van der Waals surface area contributed by atoms with E-state index in [2.05, 4.69) is 23.2 Å². The van der Waals surface area contributed by atoms with Crippen LogP contribution in [0.25, 0.3) is 21.9 Å². The van der Waals surface area contributed by atoms with E-state index in [-0.39, 0.29) is 0 Å². The van der Waals surface area contributed by atoms with Crippen LogP contribution in [0.15, 0.2) is 65.7 Å². The second-order valence-corrected chi connectivity index (χ2v) is 6.37. The van der Waals surface area contributed by atoms with Crippen LogP contribution in [-0.4, -0.2) is 15.0 Å². The summed E-state index contributed by atoms with van der Waals surface area (Å²) in [5.41, 5.74) is 4.92. The third-order valence-electron chi connectivity index (χ3n) is 3.77. The summed E-state index contributed by atoms with van der Waals surface area (Å²) in [7, 11) is 0. The molecule has 0 atom stereocenters. The maximum absolute atomic E-state index is 4.74. The number of rotatable bonds is 3. The molecule has 0 aliphatic rings. The van der Waals surface area contributed by atoms with Gasteiger partial charge in [-0.25, -0.2) is 15.0 Å². The number of hydrogen-bond donors (Lipinski definition) is 0. The van der Waals surface area contributed by atoms with E-state index in [1.54, 1.807) is 11.8 Å². The SMILES string of the molecule is Cc1nc2ccccc2nc1CSc1ccc2ccccc2n1. The van der Waals surface area contributed by atoms with Gasteiger partial charge in [0.1, 0.15) is 0 Å². The molecule has 0 unspecified atom stereocenters. The van der Waals surface area contributed by atoms with Gasteiger partial charge in [0.05, 0.1) is 33.0 Å². The van der Waals surface area contributed by atoms with E-state index < -0.39 is 0 Å². The summed E-state index contributed by atoms with van der Waals surface area (Å²) in [6.45, 7) is 2.02. The topological polar surface area (TPSA) is 38.7 Å². The van der Waals surface area contributed by atoms with Crippen molar-refractivity contribution in [3.05, 3.63) is 72.1 Å². The number of aromatic nitrogens is 3. The van der Waals surface area contributed by atoms with Crippen molar-refractivity contribution in [1.29, 1.82) is 0 Å². The number of pyridine rings is 1. The van der Waals surface area contributed by atoms with Crippen LogP contribution in [0, 0.1) is 6.92 Å². The molecule has 2 heterocycles. The Morgan fingerprint density at radius 1 is 0.739 bits per heavy atom. The van der Waals surface area contributed by atoms with Gasteiger partial charge in [0.25, 0.3) is 0 Å². The summed E-state index contributed by atoms with van der Waals surface area (Å²) < 4.78 is 0. The van der Waals surface area contributed by atoms with Gasteiger partial charge in [0.15, 0.2) is 0 Å². The molecule has 0 aliphatic carbocycles. The molecule has 0 fully saturated rings. The molecule has 0 amide bonds. The van der Waals surface area contributed by atoms with Crippen LogP contribution in [0.1, 0.15) is 11.4 Å². The van der Waals surface area contributed by atoms with Crippen molar-refractivity contribution in [2.24, 2.45) is 0 Å². The molecule has 4 heteroatoms. The third kappa shape index (κ3) is 2.90. The largest absolute Gasteiger partial charge is 0.250 e. The molecule has 4 aromatic rings. The lowest BCUT2D eigenvalue weighted by atomic mass is 10.2. The molecule has 0 saturated carbocycles. The summed E-state index contributed by atoms with van der Waals surface area (Å²) in [5, 5.41) is 2.18. The molecule has 0 aliphatic heterocycles. The number of fused-ring (bicyclic) bond motifs is 2. The van der Waals surface area contributed by atoms with Gasteiger partial charge in [-0.3, -0.25) is 0 Å². The molecular formula is C19H15N3S. The summed E-state index contributed by atoms with van der Waals surface area (Å²) in [4.78, 5) is 14.1. The molecule has 4 rings (SSSR count). The molecule has 0 spiro atoms. The molecule has 0 saturated heterocycles. The zero-order chi connectivity index (χ0) is 15.6. The number of thioether (sulfide) groups is 1. The maximum atomic E-state index is 4.74. The van der Waals surface area contributed by atoms with Crippen LogP contribution in [0.3, 0.4) is 0 Å². The van der Waals surface area contributed by atoms with E-state index in [4.69, 9.17) is 9.97 Å². The number of nitrogens with zero attached hydrogens (tertiary/aromatic N) is 3. The quantitative estimate of drug-likeness (QED) is 0.510. The summed E-state index contributed by atoms with van der Waals surface area (Å²) in [6, 6.07) is 20.3. The van der Waals surface area contributed by atoms with Crippen LogP contribution in [-0.2, 0) is 5.75 Å². The second-order valence-electron chi connectivity index (χ2n) is 5.38. The van der Waals surface area contributed by atoms with Gasteiger partial charge in [-0.15, -0.1) is 0 Å². The zero-order valence-electron chi connectivity index (χ0n) is 12.7. The van der Waals surface area contributed by atoms with Crippen molar-refractivity contribution in [3.8, 4) is 0 Å². The smallest absolute Gasteiger partial charge is 0.0971 e. The van der Waals surface area contributed by atoms with Gasteiger partial charge >= 0.3 is 0 Å². The highest BCUT2D eigenvalue weighted by molar-refractivity contribution is 7.98. The van der Waals surface area contributed by atoms with Crippen LogP contribution in [0.4, 0.5) is 0 Å². The van der Waals surface area contributed by atoms with Crippen LogP contribution < -0.4 is 0 Å². The molecule has 23 heavy (non-hydrogen) atoms. The minimum atomic E-state index is 0.773. The first-order valence-electron chi connectivity index (χ1n) is 7.50. The predicted octanol–water partition coefficient (Wildman–Crippen LogP) is 4.78. The van der Waals surface area contributed by atoms with Crippen molar-refractivity contribution >= 4 is 33.7 Å². The first-order chi connectivity index (χ1) is 11.3. The van der Waals surface area contributed by atoms with Gasteiger partial charge in [0.2, 0.25) is 0 Å². The van der Waals surface area contributed by atoms with Crippen molar-refractivity contribution in [2.45, 2.75) is 17.7 Å². The number of hydrogen-bond acceptors (Lipinski definition) is 4. The molecule has 2 aromatic carbocycles. The summed E-state index contributed by atoms with van der Waals surface area (Å²) >= 11 is 1.70. The first-order valence-corrected chi connectivity index (χ1v) is 8.49. The molecule has 3 nitrogen and oxygen atoms in total. The van der Waals surface area contributed by atoms with Gasteiger partial charge in [-0.1, -0.05) is 48.2 Å². The Hall–Kier alpha value is -2.46. The molecule has 0 bridgehead atoms. The van der Waals surface area contributed by atoms with E-state index in [1.807, 2.05) is 49.4 Å². The predicted molar refractivity (Wildman–Crippen MR) is 95.6 cm³/mol. The van der Waals surface area contributed by atoms with E-state index in [9.17, 15) is 0 Å². The Kier molecular flexibility index (Phi) is 3.67. The van der Waals surface area contributed by atoms with Gasteiger partial charge in [-0.05, 0) is 31.2 Å². The van der Waals surface area contributed by atoms with Crippen LogP contribution in [0.2, 0.25) is 0 Å². The Balaban J connectivity index is 1.61. The van der Waals surface area contributed by atoms with Crippen molar-refractivity contribution < 1.29 is 0 Å². The van der Waals surface area contributed by atoms with E-state index in [0.717, 1.165) is 38.7 Å². The molecule has 0 radical (unpaired) electrons. The Bertz CT molecular complexity index is 998. The average molecular weight is 317 g/mol. The minimum Gasteiger partial charge on any atom is -0.250 e. The van der Waals surface area contributed by atoms with E-state index >= 15 is 0 Å². The number of aryl methyl sites for hydroxylation is 1. The average Bonchev–Trinajstić information content (AvgIpc) is 2.59. The van der Waals surface area contributed by atoms with Crippen LogP contribution >= 0.6 is 11.8 Å². The second kappa shape index (κ2) is 5.97. The highest BCUT2D eigenvalue weighted by atomic mass is 32.2. The fourth-order valence-electron chi connectivity index (χ4n) is 2.53. The van der Waals surface area contributed by atoms with Crippen molar-refractivity contribution in [3.63, 3.8) is 0 Å².